The Morgan fingerprint density at radius 3 is 3.12 bits per heavy atom. The van der Waals surface area contributed by atoms with Gasteiger partial charge in [0.05, 0.1) is 13.1 Å². The van der Waals surface area contributed by atoms with E-state index in [9.17, 15) is 4.79 Å². The zero-order valence-corrected chi connectivity index (χ0v) is 9.96. The molecule has 1 aliphatic rings. The van der Waals surface area contributed by atoms with E-state index < -0.39 is 0 Å². The molecule has 1 amide bonds. The molecule has 0 aromatic carbocycles. The molecular formula is C12H21N3O. The molecule has 1 aliphatic heterocycles. The highest BCUT2D eigenvalue weighted by Crippen LogP contribution is 2.10. The van der Waals surface area contributed by atoms with E-state index in [0.717, 1.165) is 19.6 Å². The first-order valence-electron chi connectivity index (χ1n) is 5.81. The summed E-state index contributed by atoms with van der Waals surface area (Å²) in [4.78, 5) is 13.4. The Kier molecular flexibility index (Phi) is 5.91. The third-order valence-electron chi connectivity index (χ3n) is 2.77. The maximum absolute atomic E-state index is 11.4. The van der Waals surface area contributed by atoms with E-state index in [1.807, 2.05) is 7.05 Å². The molecule has 1 fully saturated rings. The molecule has 2 N–H and O–H groups in total. The van der Waals surface area contributed by atoms with Crippen LogP contribution in [-0.2, 0) is 4.79 Å². The number of carbonyl (C=O) groups excluding carboxylic acids is 1. The van der Waals surface area contributed by atoms with Crippen LogP contribution in [0.5, 0.6) is 0 Å². The van der Waals surface area contributed by atoms with Crippen LogP contribution >= 0.6 is 0 Å². The molecule has 1 rings (SSSR count). The second-order valence-corrected chi connectivity index (χ2v) is 4.39. The molecule has 0 aromatic rings. The topological polar surface area (TPSA) is 44.4 Å². The number of amides is 1. The first kappa shape index (κ1) is 13.0. The SMILES string of the molecule is C#CCNC(=O)CN(C)CC1CCCNC1. The highest BCUT2D eigenvalue weighted by Gasteiger charge is 2.16. The number of likely N-dealkylation sites (N-methyl/N-ethyl adjacent to an activating group) is 1. The molecule has 16 heavy (non-hydrogen) atoms. The molecule has 0 bridgehead atoms. The van der Waals surface area contributed by atoms with Crippen molar-refractivity contribution in [2.24, 2.45) is 5.92 Å². The van der Waals surface area contributed by atoms with Crippen molar-refractivity contribution in [2.45, 2.75) is 12.8 Å². The van der Waals surface area contributed by atoms with Gasteiger partial charge in [0.1, 0.15) is 0 Å². The van der Waals surface area contributed by atoms with Gasteiger partial charge < -0.3 is 10.6 Å². The van der Waals surface area contributed by atoms with Crippen LogP contribution in [0, 0.1) is 18.3 Å². The van der Waals surface area contributed by atoms with Crippen molar-refractivity contribution in [3.63, 3.8) is 0 Å². The second-order valence-electron chi connectivity index (χ2n) is 4.39. The van der Waals surface area contributed by atoms with Gasteiger partial charge in [-0.15, -0.1) is 6.42 Å². The van der Waals surface area contributed by atoms with Crippen LogP contribution in [0.1, 0.15) is 12.8 Å². The summed E-state index contributed by atoms with van der Waals surface area (Å²) >= 11 is 0. The molecule has 1 saturated heterocycles. The standard InChI is InChI=1S/C12H21N3O/c1-3-6-14-12(16)10-15(2)9-11-5-4-7-13-8-11/h1,11,13H,4-10H2,2H3,(H,14,16). The largest absolute Gasteiger partial charge is 0.344 e. The number of hydrogen-bond acceptors (Lipinski definition) is 3. The number of piperidine rings is 1. The average Bonchev–Trinajstić information content (AvgIpc) is 2.27. The summed E-state index contributed by atoms with van der Waals surface area (Å²) in [6, 6.07) is 0. The summed E-state index contributed by atoms with van der Waals surface area (Å²) in [5.74, 6) is 3.06. The summed E-state index contributed by atoms with van der Waals surface area (Å²) in [5.41, 5.74) is 0. The van der Waals surface area contributed by atoms with E-state index in [2.05, 4.69) is 21.5 Å². The number of nitrogens with one attached hydrogen (secondary N) is 2. The quantitative estimate of drug-likeness (QED) is 0.627. The zero-order valence-electron chi connectivity index (χ0n) is 9.96. The number of carbonyl (C=O) groups is 1. The lowest BCUT2D eigenvalue weighted by Crippen LogP contribution is -2.41. The van der Waals surface area contributed by atoms with E-state index in [-0.39, 0.29) is 5.91 Å². The molecule has 90 valence electrons. The van der Waals surface area contributed by atoms with Crippen molar-refractivity contribution in [3.8, 4) is 12.3 Å². The first-order chi connectivity index (χ1) is 7.72. The summed E-state index contributed by atoms with van der Waals surface area (Å²) in [6.45, 7) is 3.91. The highest BCUT2D eigenvalue weighted by atomic mass is 16.1. The van der Waals surface area contributed by atoms with Gasteiger partial charge in [0.2, 0.25) is 5.91 Å². The van der Waals surface area contributed by atoms with E-state index in [1.54, 1.807) is 0 Å². The highest BCUT2D eigenvalue weighted by molar-refractivity contribution is 5.78. The fraction of sp³-hybridized carbons (Fsp3) is 0.750. The van der Waals surface area contributed by atoms with Crippen LogP contribution in [0.4, 0.5) is 0 Å². The van der Waals surface area contributed by atoms with Crippen LogP contribution < -0.4 is 10.6 Å². The van der Waals surface area contributed by atoms with Crippen molar-refractivity contribution >= 4 is 5.91 Å². The van der Waals surface area contributed by atoms with Crippen LogP contribution in [-0.4, -0.2) is 50.6 Å². The number of terminal acetylenes is 1. The lowest BCUT2D eigenvalue weighted by molar-refractivity contribution is -0.121. The Morgan fingerprint density at radius 1 is 1.69 bits per heavy atom. The van der Waals surface area contributed by atoms with E-state index in [0.29, 0.717) is 19.0 Å². The smallest absolute Gasteiger partial charge is 0.234 e. The Morgan fingerprint density at radius 2 is 2.50 bits per heavy atom. The van der Waals surface area contributed by atoms with Crippen LogP contribution in [0.3, 0.4) is 0 Å². The molecule has 0 spiro atoms. The first-order valence-corrected chi connectivity index (χ1v) is 5.81. The normalized spacial score (nSPS) is 20.4. The van der Waals surface area contributed by atoms with Gasteiger partial charge in [-0.05, 0) is 38.9 Å². The number of nitrogens with zero attached hydrogens (tertiary/aromatic N) is 1. The minimum Gasteiger partial charge on any atom is -0.344 e. The van der Waals surface area contributed by atoms with Gasteiger partial charge in [-0.3, -0.25) is 9.69 Å². The van der Waals surface area contributed by atoms with Crippen LogP contribution in [0.25, 0.3) is 0 Å². The molecule has 1 atom stereocenters. The maximum atomic E-state index is 11.4. The van der Waals surface area contributed by atoms with Gasteiger partial charge in [0.25, 0.3) is 0 Å². The summed E-state index contributed by atoms with van der Waals surface area (Å²) < 4.78 is 0. The molecule has 1 heterocycles. The Labute approximate surface area is 97.8 Å². The second kappa shape index (κ2) is 7.26. The molecule has 0 radical (unpaired) electrons. The molecule has 0 aliphatic carbocycles. The van der Waals surface area contributed by atoms with Gasteiger partial charge in [-0.25, -0.2) is 0 Å². The van der Waals surface area contributed by atoms with Gasteiger partial charge in [-0.2, -0.15) is 0 Å². The fourth-order valence-corrected chi connectivity index (χ4v) is 2.04. The van der Waals surface area contributed by atoms with Crippen molar-refractivity contribution in [1.29, 1.82) is 0 Å². The van der Waals surface area contributed by atoms with Crippen molar-refractivity contribution in [1.82, 2.24) is 15.5 Å². The fourth-order valence-electron chi connectivity index (χ4n) is 2.04. The molecule has 0 saturated carbocycles. The molecular weight excluding hydrogens is 202 g/mol. The van der Waals surface area contributed by atoms with E-state index in [1.165, 1.54) is 12.8 Å². The van der Waals surface area contributed by atoms with Gasteiger partial charge in [-0.1, -0.05) is 5.92 Å². The lowest BCUT2D eigenvalue weighted by atomic mass is 9.99. The minimum atomic E-state index is 0.00391. The Hall–Kier alpha value is -1.05. The van der Waals surface area contributed by atoms with Gasteiger partial charge >= 0.3 is 0 Å². The van der Waals surface area contributed by atoms with E-state index in [4.69, 9.17) is 6.42 Å². The zero-order chi connectivity index (χ0) is 11.8. The maximum Gasteiger partial charge on any atom is 0.234 e. The van der Waals surface area contributed by atoms with Crippen LogP contribution in [0.15, 0.2) is 0 Å². The van der Waals surface area contributed by atoms with Crippen LogP contribution in [0.2, 0.25) is 0 Å². The third-order valence-corrected chi connectivity index (χ3v) is 2.77. The van der Waals surface area contributed by atoms with Gasteiger partial charge in [0.15, 0.2) is 0 Å². The van der Waals surface area contributed by atoms with Gasteiger partial charge in [0, 0.05) is 6.54 Å². The molecule has 0 aromatic heterocycles. The number of hydrogen-bond donors (Lipinski definition) is 2. The van der Waals surface area contributed by atoms with Crippen molar-refractivity contribution in [2.75, 3.05) is 39.8 Å². The Bertz CT molecular complexity index is 253. The molecule has 4 nitrogen and oxygen atoms in total. The summed E-state index contributed by atoms with van der Waals surface area (Å²) in [6.07, 6.45) is 7.56. The summed E-state index contributed by atoms with van der Waals surface area (Å²) in [7, 11) is 1.98. The monoisotopic (exact) mass is 223 g/mol. The van der Waals surface area contributed by atoms with E-state index >= 15 is 0 Å². The average molecular weight is 223 g/mol. The van der Waals surface area contributed by atoms with Crippen molar-refractivity contribution in [3.05, 3.63) is 0 Å². The predicted octanol–water partition coefficient (Wildman–Crippen LogP) is -0.333. The third kappa shape index (κ3) is 5.15. The Balaban J connectivity index is 2.16. The lowest BCUT2D eigenvalue weighted by Gasteiger charge is -2.27. The molecule has 4 heteroatoms. The molecule has 1 unspecified atom stereocenters. The summed E-state index contributed by atoms with van der Waals surface area (Å²) in [5, 5.41) is 6.04. The minimum absolute atomic E-state index is 0.00391. The van der Waals surface area contributed by atoms with Crippen molar-refractivity contribution < 1.29 is 4.79 Å². The predicted molar refractivity (Wildman–Crippen MR) is 64.9 cm³/mol. The number of rotatable bonds is 5.